The van der Waals surface area contributed by atoms with Crippen LogP contribution in [0.2, 0.25) is 10.0 Å². The Morgan fingerprint density at radius 3 is 2.48 bits per heavy atom. The lowest BCUT2D eigenvalue weighted by molar-refractivity contribution is 0.0635. The molecule has 3 heterocycles. The molecule has 0 fully saturated rings. The highest BCUT2D eigenvalue weighted by atomic mass is 35.5. The molecular weight excluding hydrogens is 465 g/mol. The smallest absolute Gasteiger partial charge is 0.413 e. The minimum Gasteiger partial charge on any atom is -0.444 e. The van der Waals surface area contributed by atoms with Crippen molar-refractivity contribution < 1.29 is 9.53 Å². The number of hydrogen-bond donors (Lipinski definition) is 2. The molecule has 4 rings (SSSR count). The summed E-state index contributed by atoms with van der Waals surface area (Å²) in [6.07, 6.45) is 2.81. The van der Waals surface area contributed by atoms with Gasteiger partial charge in [-0.25, -0.2) is 24.4 Å². The predicted molar refractivity (Wildman–Crippen MR) is 129 cm³/mol. The van der Waals surface area contributed by atoms with Crippen LogP contribution in [0, 0.1) is 6.92 Å². The van der Waals surface area contributed by atoms with Gasteiger partial charge in [-0.3, -0.25) is 5.32 Å². The van der Waals surface area contributed by atoms with Gasteiger partial charge in [0.25, 0.3) is 0 Å². The first-order valence-electron chi connectivity index (χ1n) is 10.0. The van der Waals surface area contributed by atoms with Gasteiger partial charge in [0, 0.05) is 18.5 Å². The van der Waals surface area contributed by atoms with E-state index >= 15 is 0 Å². The van der Waals surface area contributed by atoms with E-state index < -0.39 is 11.7 Å². The first-order chi connectivity index (χ1) is 15.6. The molecule has 0 aliphatic heterocycles. The number of fused-ring (bicyclic) bond motifs is 1. The summed E-state index contributed by atoms with van der Waals surface area (Å²) in [5.41, 5.74) is 0.628. The maximum atomic E-state index is 12.1. The van der Waals surface area contributed by atoms with Crippen molar-refractivity contribution in [3.8, 4) is 5.69 Å². The number of pyridine rings is 1. The number of para-hydroxylation sites is 1. The highest BCUT2D eigenvalue weighted by Crippen LogP contribution is 2.31. The van der Waals surface area contributed by atoms with E-state index in [4.69, 9.17) is 27.9 Å². The Morgan fingerprint density at radius 2 is 1.79 bits per heavy atom. The molecule has 4 aromatic rings. The Morgan fingerprint density at radius 1 is 1.09 bits per heavy atom. The third-order valence-corrected chi connectivity index (χ3v) is 4.92. The van der Waals surface area contributed by atoms with Crippen molar-refractivity contribution in [3.05, 3.63) is 58.6 Å². The summed E-state index contributed by atoms with van der Waals surface area (Å²) < 4.78 is 6.90. The highest BCUT2D eigenvalue weighted by molar-refractivity contribution is 6.37. The number of hydrogen-bond acceptors (Lipinski definition) is 7. The number of halogens is 2. The lowest BCUT2D eigenvalue weighted by atomic mass is 10.2. The van der Waals surface area contributed by atoms with Gasteiger partial charge in [0.1, 0.15) is 34.6 Å². The Labute approximate surface area is 200 Å². The van der Waals surface area contributed by atoms with Crippen LogP contribution in [-0.2, 0) is 4.74 Å². The largest absolute Gasteiger partial charge is 0.444 e. The number of ether oxygens (including phenoxy) is 1. The van der Waals surface area contributed by atoms with Gasteiger partial charge in [0.2, 0.25) is 0 Å². The number of aromatic nitrogens is 5. The van der Waals surface area contributed by atoms with Crippen LogP contribution in [0.1, 0.15) is 26.6 Å². The number of carbonyl (C=O) groups excluding carboxylic acids is 1. The summed E-state index contributed by atoms with van der Waals surface area (Å²) in [6.45, 7) is 7.07. The van der Waals surface area contributed by atoms with E-state index in [9.17, 15) is 4.79 Å². The molecule has 0 atom stereocenters. The topological polar surface area (TPSA) is 107 Å². The summed E-state index contributed by atoms with van der Waals surface area (Å²) in [7, 11) is 0. The molecule has 0 aliphatic rings. The molecule has 0 radical (unpaired) electrons. The zero-order valence-corrected chi connectivity index (χ0v) is 19.9. The van der Waals surface area contributed by atoms with E-state index in [2.05, 4.69) is 30.7 Å². The molecule has 0 unspecified atom stereocenters. The average molecular weight is 486 g/mol. The summed E-state index contributed by atoms with van der Waals surface area (Å²) in [5, 5.41) is 12.0. The minimum absolute atomic E-state index is 0.296. The van der Waals surface area contributed by atoms with Crippen LogP contribution in [0.5, 0.6) is 0 Å². The molecule has 0 spiro atoms. The van der Waals surface area contributed by atoms with Gasteiger partial charge in [0.05, 0.1) is 20.9 Å². The lowest BCUT2D eigenvalue weighted by Gasteiger charge is -2.19. The van der Waals surface area contributed by atoms with Crippen LogP contribution < -0.4 is 10.6 Å². The summed E-state index contributed by atoms with van der Waals surface area (Å²) in [5.74, 6) is 1.71. The Kier molecular flexibility index (Phi) is 6.09. The minimum atomic E-state index is -0.627. The van der Waals surface area contributed by atoms with Crippen LogP contribution >= 0.6 is 23.2 Å². The fourth-order valence-electron chi connectivity index (χ4n) is 3.09. The third kappa shape index (κ3) is 5.32. The second kappa shape index (κ2) is 8.84. The molecule has 170 valence electrons. The monoisotopic (exact) mass is 485 g/mol. The van der Waals surface area contributed by atoms with Gasteiger partial charge in [-0.05, 0) is 45.9 Å². The zero-order chi connectivity index (χ0) is 23.8. The summed E-state index contributed by atoms with van der Waals surface area (Å²) >= 11 is 12.7. The van der Waals surface area contributed by atoms with E-state index in [0.29, 0.717) is 44.5 Å². The molecule has 1 amide bonds. The summed E-state index contributed by atoms with van der Waals surface area (Å²) in [6, 6.07) is 8.63. The first kappa shape index (κ1) is 22.8. The number of nitrogens with one attached hydrogen (secondary N) is 2. The maximum Gasteiger partial charge on any atom is 0.413 e. The second-order valence-electron chi connectivity index (χ2n) is 8.17. The third-order valence-electron chi connectivity index (χ3n) is 4.31. The van der Waals surface area contributed by atoms with Crippen LogP contribution in [0.3, 0.4) is 0 Å². The number of rotatable bonds is 4. The molecule has 33 heavy (non-hydrogen) atoms. The Balaban J connectivity index is 1.65. The van der Waals surface area contributed by atoms with Gasteiger partial charge in [-0.15, -0.1) is 0 Å². The number of amides is 1. The Hall–Kier alpha value is -3.43. The number of carbonyl (C=O) groups is 1. The standard InChI is InChI=1S/C22H21Cl2N7O2/c1-12-26-17(10-18(27-12)29-21(32)33-22(2,3)4)28-20-13-11-31(30-16(13)8-9-25-20)19-14(23)6-5-7-15(19)24/h5-11H,1-4H3,(H2,25,26,27,28,29,32). The van der Waals surface area contributed by atoms with Gasteiger partial charge in [-0.1, -0.05) is 29.3 Å². The highest BCUT2D eigenvalue weighted by Gasteiger charge is 2.18. The lowest BCUT2D eigenvalue weighted by Crippen LogP contribution is -2.27. The second-order valence-corrected chi connectivity index (χ2v) is 8.99. The fraction of sp³-hybridized carbons (Fsp3) is 0.227. The van der Waals surface area contributed by atoms with E-state index in [1.807, 2.05) is 0 Å². The van der Waals surface area contributed by atoms with Crippen LogP contribution in [0.25, 0.3) is 16.6 Å². The van der Waals surface area contributed by atoms with Crippen molar-refractivity contribution in [2.24, 2.45) is 0 Å². The molecule has 0 saturated heterocycles. The van der Waals surface area contributed by atoms with Crippen LogP contribution in [0.15, 0.2) is 42.7 Å². The van der Waals surface area contributed by atoms with Gasteiger partial charge in [0.15, 0.2) is 0 Å². The van der Waals surface area contributed by atoms with Crippen molar-refractivity contribution in [3.63, 3.8) is 0 Å². The van der Waals surface area contributed by atoms with Crippen molar-refractivity contribution in [1.29, 1.82) is 0 Å². The molecule has 1 aromatic carbocycles. The number of anilines is 3. The van der Waals surface area contributed by atoms with Crippen LogP contribution in [-0.4, -0.2) is 36.4 Å². The number of nitrogens with zero attached hydrogens (tertiary/aromatic N) is 5. The van der Waals surface area contributed by atoms with Gasteiger partial charge < -0.3 is 10.1 Å². The molecule has 9 nitrogen and oxygen atoms in total. The molecule has 2 N–H and O–H groups in total. The van der Waals surface area contributed by atoms with Gasteiger partial charge >= 0.3 is 6.09 Å². The maximum absolute atomic E-state index is 12.1. The first-order valence-corrected chi connectivity index (χ1v) is 10.8. The molecule has 0 aliphatic carbocycles. The number of benzene rings is 1. The van der Waals surface area contributed by atoms with Gasteiger partial charge in [-0.2, -0.15) is 5.10 Å². The molecule has 0 saturated carbocycles. The molecular formula is C22H21Cl2N7O2. The predicted octanol–water partition coefficient (Wildman–Crippen LogP) is 5.92. The quantitative estimate of drug-likeness (QED) is 0.369. The molecule has 11 heteroatoms. The zero-order valence-electron chi connectivity index (χ0n) is 18.3. The van der Waals surface area contributed by atoms with Crippen molar-refractivity contribution in [2.45, 2.75) is 33.3 Å². The average Bonchev–Trinajstić information content (AvgIpc) is 3.10. The normalized spacial score (nSPS) is 11.5. The SMILES string of the molecule is Cc1nc(NC(=O)OC(C)(C)C)cc(Nc2nccc3nn(-c4c(Cl)cccc4Cl)cc23)n1. The van der Waals surface area contributed by atoms with Crippen molar-refractivity contribution in [1.82, 2.24) is 24.7 Å². The van der Waals surface area contributed by atoms with Crippen molar-refractivity contribution >= 4 is 57.7 Å². The van der Waals surface area contributed by atoms with Crippen molar-refractivity contribution in [2.75, 3.05) is 10.6 Å². The summed E-state index contributed by atoms with van der Waals surface area (Å²) in [4.78, 5) is 25.2. The fourth-order valence-corrected chi connectivity index (χ4v) is 3.66. The molecule has 3 aromatic heterocycles. The van der Waals surface area contributed by atoms with E-state index in [1.54, 1.807) is 75.1 Å². The van der Waals surface area contributed by atoms with E-state index in [0.717, 1.165) is 5.39 Å². The molecule has 0 bridgehead atoms. The van der Waals surface area contributed by atoms with E-state index in [1.165, 1.54) is 0 Å². The van der Waals surface area contributed by atoms with E-state index in [-0.39, 0.29) is 0 Å². The Bertz CT molecular complexity index is 1330. The van der Waals surface area contributed by atoms with Crippen LogP contribution in [0.4, 0.5) is 22.2 Å². The number of aryl methyl sites for hydroxylation is 1.